The molecule has 9 heteroatoms. The molecule has 0 aliphatic carbocycles. The first-order valence-electron chi connectivity index (χ1n) is 11.5. The van der Waals surface area contributed by atoms with Crippen molar-refractivity contribution in [2.75, 3.05) is 30.5 Å². The normalized spacial score (nSPS) is 11.4. The standard InChI is InChI=1S/C27H29FN4O4/c1-19-6-8-20(9-7-19)26(27(35)30-17-18-36-2)32(22-12-10-21(28)11-13-22)25(34)15-14-24(33)31-23-5-3-4-16-29-23/h3-13,16,26H,14-15,17-18H2,1-2H3,(H,30,35)(H,29,31,33)/t26-/m1/s1. The molecular weight excluding hydrogens is 463 g/mol. The molecule has 0 saturated heterocycles. The number of aromatic nitrogens is 1. The van der Waals surface area contributed by atoms with Crippen LogP contribution in [-0.4, -0.2) is 43.0 Å². The van der Waals surface area contributed by atoms with Gasteiger partial charge in [0.2, 0.25) is 17.7 Å². The second-order valence-electron chi connectivity index (χ2n) is 8.10. The molecule has 2 N–H and O–H groups in total. The van der Waals surface area contributed by atoms with Gasteiger partial charge < -0.3 is 15.4 Å². The van der Waals surface area contributed by atoms with Gasteiger partial charge in [-0.25, -0.2) is 9.37 Å². The number of anilines is 2. The Morgan fingerprint density at radius 1 is 1.00 bits per heavy atom. The van der Waals surface area contributed by atoms with Gasteiger partial charge in [0.1, 0.15) is 17.7 Å². The number of carbonyl (C=O) groups is 3. The van der Waals surface area contributed by atoms with Crippen LogP contribution in [0.25, 0.3) is 0 Å². The number of pyridine rings is 1. The van der Waals surface area contributed by atoms with E-state index >= 15 is 0 Å². The molecule has 0 saturated carbocycles. The largest absolute Gasteiger partial charge is 0.383 e. The monoisotopic (exact) mass is 492 g/mol. The number of methoxy groups -OCH3 is 1. The maximum atomic E-state index is 13.7. The Balaban J connectivity index is 1.89. The van der Waals surface area contributed by atoms with Crippen molar-refractivity contribution in [3.05, 3.63) is 89.9 Å². The maximum absolute atomic E-state index is 13.7. The van der Waals surface area contributed by atoms with Crippen molar-refractivity contribution in [2.24, 2.45) is 0 Å². The van der Waals surface area contributed by atoms with Crippen molar-refractivity contribution < 1.29 is 23.5 Å². The highest BCUT2D eigenvalue weighted by atomic mass is 19.1. The summed E-state index contributed by atoms with van der Waals surface area (Å²) in [4.78, 5) is 44.7. The molecule has 2 aromatic carbocycles. The van der Waals surface area contributed by atoms with E-state index in [1.54, 1.807) is 36.5 Å². The number of carbonyl (C=O) groups excluding carboxylic acids is 3. The van der Waals surface area contributed by atoms with Crippen LogP contribution in [0.1, 0.15) is 30.0 Å². The van der Waals surface area contributed by atoms with Crippen molar-refractivity contribution in [3.8, 4) is 0 Å². The average molecular weight is 493 g/mol. The van der Waals surface area contributed by atoms with Crippen LogP contribution >= 0.6 is 0 Å². The quantitative estimate of drug-likeness (QED) is 0.397. The predicted octanol–water partition coefficient (Wildman–Crippen LogP) is 3.78. The van der Waals surface area contributed by atoms with Gasteiger partial charge in [0.25, 0.3) is 0 Å². The lowest BCUT2D eigenvalue weighted by molar-refractivity contribution is -0.127. The molecule has 3 aromatic rings. The number of benzene rings is 2. The third-order valence-electron chi connectivity index (χ3n) is 5.38. The van der Waals surface area contributed by atoms with Gasteiger partial charge in [0.05, 0.1) is 6.61 Å². The molecule has 1 heterocycles. The summed E-state index contributed by atoms with van der Waals surface area (Å²) in [5, 5.41) is 5.44. The third kappa shape index (κ3) is 7.44. The van der Waals surface area contributed by atoms with E-state index in [9.17, 15) is 18.8 Å². The van der Waals surface area contributed by atoms with Crippen LogP contribution in [0.5, 0.6) is 0 Å². The topological polar surface area (TPSA) is 101 Å². The first-order valence-corrected chi connectivity index (χ1v) is 11.5. The molecule has 3 amide bonds. The van der Waals surface area contributed by atoms with Gasteiger partial charge in [-0.3, -0.25) is 19.3 Å². The molecule has 0 aliphatic heterocycles. The third-order valence-corrected chi connectivity index (χ3v) is 5.38. The predicted molar refractivity (Wildman–Crippen MR) is 135 cm³/mol. The number of aryl methyl sites for hydroxylation is 1. The summed E-state index contributed by atoms with van der Waals surface area (Å²) in [6.45, 7) is 2.46. The Morgan fingerprint density at radius 3 is 2.36 bits per heavy atom. The highest BCUT2D eigenvalue weighted by molar-refractivity contribution is 6.03. The van der Waals surface area contributed by atoms with Gasteiger partial charge in [-0.2, -0.15) is 0 Å². The second kappa shape index (κ2) is 13.1. The van der Waals surface area contributed by atoms with Crippen LogP contribution in [0.15, 0.2) is 72.9 Å². The highest BCUT2D eigenvalue weighted by Gasteiger charge is 2.32. The molecule has 188 valence electrons. The maximum Gasteiger partial charge on any atom is 0.247 e. The Morgan fingerprint density at radius 2 is 1.72 bits per heavy atom. The lowest BCUT2D eigenvalue weighted by atomic mass is 10.0. The van der Waals surface area contributed by atoms with Crippen LogP contribution in [0.3, 0.4) is 0 Å². The van der Waals surface area contributed by atoms with E-state index in [4.69, 9.17) is 4.74 Å². The van der Waals surface area contributed by atoms with E-state index in [0.29, 0.717) is 23.7 Å². The zero-order chi connectivity index (χ0) is 25.9. The summed E-state index contributed by atoms with van der Waals surface area (Å²) in [5.41, 5.74) is 1.90. The van der Waals surface area contributed by atoms with E-state index in [0.717, 1.165) is 5.56 Å². The summed E-state index contributed by atoms with van der Waals surface area (Å²) >= 11 is 0. The highest BCUT2D eigenvalue weighted by Crippen LogP contribution is 2.29. The second-order valence-corrected chi connectivity index (χ2v) is 8.10. The van der Waals surface area contributed by atoms with Crippen molar-refractivity contribution in [2.45, 2.75) is 25.8 Å². The first kappa shape index (κ1) is 26.5. The Hall–Kier alpha value is -4.11. The van der Waals surface area contributed by atoms with Gasteiger partial charge in [-0.05, 0) is 48.9 Å². The minimum Gasteiger partial charge on any atom is -0.383 e. The lowest BCUT2D eigenvalue weighted by Crippen LogP contribution is -2.45. The van der Waals surface area contributed by atoms with Gasteiger partial charge in [0.15, 0.2) is 0 Å². The minimum absolute atomic E-state index is 0.126. The van der Waals surface area contributed by atoms with E-state index < -0.39 is 29.6 Å². The van der Waals surface area contributed by atoms with Crippen molar-refractivity contribution in [1.82, 2.24) is 10.3 Å². The van der Waals surface area contributed by atoms with Gasteiger partial charge >= 0.3 is 0 Å². The van der Waals surface area contributed by atoms with Gasteiger partial charge in [-0.15, -0.1) is 0 Å². The SMILES string of the molecule is COCCNC(=O)[C@@H](c1ccc(C)cc1)N(C(=O)CCC(=O)Nc1ccccn1)c1ccc(F)cc1. The smallest absolute Gasteiger partial charge is 0.247 e. The minimum atomic E-state index is -1.04. The fourth-order valence-electron chi connectivity index (χ4n) is 3.56. The summed E-state index contributed by atoms with van der Waals surface area (Å²) in [5.74, 6) is -1.38. The Bertz CT molecular complexity index is 1150. The Labute approximate surface area is 209 Å². The lowest BCUT2D eigenvalue weighted by Gasteiger charge is -2.31. The molecule has 0 radical (unpaired) electrons. The molecule has 1 aromatic heterocycles. The van der Waals surface area contributed by atoms with Crippen LogP contribution in [-0.2, 0) is 19.1 Å². The molecule has 3 rings (SSSR count). The van der Waals surface area contributed by atoms with Gasteiger partial charge in [0, 0.05) is 38.4 Å². The molecule has 36 heavy (non-hydrogen) atoms. The van der Waals surface area contributed by atoms with Crippen LogP contribution < -0.4 is 15.5 Å². The van der Waals surface area contributed by atoms with E-state index in [-0.39, 0.29) is 19.4 Å². The molecule has 0 spiro atoms. The van der Waals surface area contributed by atoms with Crippen molar-refractivity contribution in [3.63, 3.8) is 0 Å². The number of nitrogens with zero attached hydrogens (tertiary/aromatic N) is 2. The molecule has 0 unspecified atom stereocenters. The van der Waals surface area contributed by atoms with E-state index in [1.807, 2.05) is 19.1 Å². The molecular formula is C27H29FN4O4. The Kier molecular flexibility index (Phi) is 9.64. The number of nitrogens with one attached hydrogen (secondary N) is 2. The first-order chi connectivity index (χ1) is 17.4. The number of halogens is 1. The number of rotatable bonds is 11. The molecule has 0 aliphatic rings. The number of amides is 3. The molecule has 1 atom stereocenters. The summed E-state index contributed by atoms with van der Waals surface area (Å²) in [7, 11) is 1.52. The van der Waals surface area contributed by atoms with Crippen molar-refractivity contribution >= 4 is 29.2 Å². The van der Waals surface area contributed by atoms with Crippen LogP contribution in [0.4, 0.5) is 15.9 Å². The fourth-order valence-corrected chi connectivity index (χ4v) is 3.56. The van der Waals surface area contributed by atoms with Crippen molar-refractivity contribution in [1.29, 1.82) is 0 Å². The molecule has 0 fully saturated rings. The fraction of sp³-hybridized carbons (Fsp3) is 0.259. The summed E-state index contributed by atoms with van der Waals surface area (Å²) in [6.07, 6.45) is 1.24. The summed E-state index contributed by atoms with van der Waals surface area (Å²) in [6, 6.07) is 16.6. The number of ether oxygens (including phenoxy) is 1. The zero-order valence-electron chi connectivity index (χ0n) is 20.2. The van der Waals surface area contributed by atoms with Crippen LogP contribution in [0, 0.1) is 12.7 Å². The zero-order valence-corrected chi connectivity index (χ0v) is 20.2. The van der Waals surface area contributed by atoms with E-state index in [1.165, 1.54) is 36.3 Å². The molecule has 0 bridgehead atoms. The number of hydrogen-bond acceptors (Lipinski definition) is 5. The molecule has 8 nitrogen and oxygen atoms in total. The average Bonchev–Trinajstić information content (AvgIpc) is 2.88. The van der Waals surface area contributed by atoms with E-state index in [2.05, 4.69) is 15.6 Å². The van der Waals surface area contributed by atoms with Gasteiger partial charge in [-0.1, -0.05) is 35.9 Å². The van der Waals surface area contributed by atoms with Crippen LogP contribution in [0.2, 0.25) is 0 Å². The summed E-state index contributed by atoms with van der Waals surface area (Å²) < 4.78 is 18.7. The number of hydrogen-bond donors (Lipinski definition) is 2.